The zero-order chi connectivity index (χ0) is 17.6. The van der Waals surface area contributed by atoms with E-state index in [1.807, 2.05) is 5.32 Å². The van der Waals surface area contributed by atoms with Crippen LogP contribution in [-0.4, -0.2) is 35.0 Å². The number of nitrogens with zero attached hydrogens (tertiary/aromatic N) is 1. The number of benzene rings is 1. The maximum atomic E-state index is 11.7. The van der Waals surface area contributed by atoms with E-state index in [-0.39, 0.29) is 11.3 Å². The van der Waals surface area contributed by atoms with E-state index in [4.69, 9.17) is 4.74 Å². The van der Waals surface area contributed by atoms with Crippen molar-refractivity contribution in [3.8, 4) is 0 Å². The lowest BCUT2D eigenvalue weighted by Gasteiger charge is -2.20. The second-order valence-electron chi connectivity index (χ2n) is 5.63. The van der Waals surface area contributed by atoms with Gasteiger partial charge in [-0.2, -0.15) is 0 Å². The van der Waals surface area contributed by atoms with Crippen molar-refractivity contribution in [1.29, 1.82) is 0 Å². The Morgan fingerprint density at radius 1 is 1.17 bits per heavy atom. The van der Waals surface area contributed by atoms with Gasteiger partial charge < -0.3 is 10.1 Å². The molecule has 0 unspecified atom stereocenters. The number of non-ortho nitro benzene ring substituents is 1. The molecule has 1 aromatic rings. The van der Waals surface area contributed by atoms with E-state index in [1.165, 1.54) is 12.1 Å². The number of amides is 3. The molecule has 0 radical (unpaired) electrons. The topological polar surface area (TPSA) is 128 Å². The second kappa shape index (κ2) is 7.34. The lowest BCUT2D eigenvalue weighted by atomic mass is 10.1. The number of ether oxygens (including phenoxy) is 1. The van der Waals surface area contributed by atoms with Gasteiger partial charge in [0.1, 0.15) is 0 Å². The van der Waals surface area contributed by atoms with Crippen LogP contribution in [0.2, 0.25) is 0 Å². The van der Waals surface area contributed by atoms with Gasteiger partial charge in [-0.05, 0) is 32.9 Å². The van der Waals surface area contributed by atoms with E-state index in [1.54, 1.807) is 20.8 Å². The first kappa shape index (κ1) is 18.1. The van der Waals surface area contributed by atoms with Crippen molar-refractivity contribution in [2.45, 2.75) is 26.3 Å². The van der Waals surface area contributed by atoms with Crippen LogP contribution in [-0.2, 0) is 9.53 Å². The largest absolute Gasteiger partial charge is 0.452 e. The Kier molecular flexibility index (Phi) is 5.77. The van der Waals surface area contributed by atoms with Crippen molar-refractivity contribution >= 4 is 23.6 Å². The zero-order valence-electron chi connectivity index (χ0n) is 12.9. The molecule has 1 aromatic carbocycles. The summed E-state index contributed by atoms with van der Waals surface area (Å²) in [5, 5.41) is 15.0. The molecule has 0 heterocycles. The zero-order valence-corrected chi connectivity index (χ0v) is 12.9. The van der Waals surface area contributed by atoms with E-state index in [0.717, 1.165) is 12.1 Å². The van der Waals surface area contributed by atoms with Gasteiger partial charge in [0.2, 0.25) is 0 Å². The molecule has 23 heavy (non-hydrogen) atoms. The fraction of sp³-hybridized carbons (Fsp3) is 0.357. The first-order valence-corrected chi connectivity index (χ1v) is 6.62. The summed E-state index contributed by atoms with van der Waals surface area (Å²) in [7, 11) is 0. The Morgan fingerprint density at radius 2 is 1.74 bits per heavy atom. The third kappa shape index (κ3) is 6.55. The summed E-state index contributed by atoms with van der Waals surface area (Å²) in [5.41, 5.74) is -0.625. The highest BCUT2D eigenvalue weighted by molar-refractivity contribution is 5.97. The average molecular weight is 323 g/mol. The molecule has 0 saturated carbocycles. The van der Waals surface area contributed by atoms with E-state index >= 15 is 0 Å². The minimum atomic E-state index is -0.828. The Labute approximate surface area is 132 Å². The molecule has 1 rings (SSSR count). The van der Waals surface area contributed by atoms with Gasteiger partial charge in [-0.3, -0.25) is 20.2 Å². The standard InChI is InChI=1S/C14H17N3O6/c1-14(2,3)16-13(20)15-11(18)8-23-12(19)9-4-6-10(7-5-9)17(21)22/h4-7H,8H2,1-3H3,(H2,15,16,18,20). The van der Waals surface area contributed by atoms with Gasteiger partial charge >= 0.3 is 12.0 Å². The van der Waals surface area contributed by atoms with Crippen molar-refractivity contribution in [3.05, 3.63) is 39.9 Å². The molecular formula is C14H17N3O6. The van der Waals surface area contributed by atoms with Crippen LogP contribution in [0.4, 0.5) is 10.5 Å². The molecule has 0 bridgehead atoms. The summed E-state index contributed by atoms with van der Waals surface area (Å²) in [5.74, 6) is -1.62. The first-order valence-electron chi connectivity index (χ1n) is 6.62. The van der Waals surface area contributed by atoms with Crippen LogP contribution in [0.3, 0.4) is 0 Å². The minimum Gasteiger partial charge on any atom is -0.452 e. The van der Waals surface area contributed by atoms with Gasteiger partial charge in [0, 0.05) is 17.7 Å². The molecule has 0 saturated heterocycles. The first-order chi connectivity index (χ1) is 10.6. The van der Waals surface area contributed by atoms with Crippen molar-refractivity contribution in [2.24, 2.45) is 0 Å². The third-order valence-electron chi connectivity index (χ3n) is 2.39. The number of nitro groups is 1. The number of esters is 1. The number of hydrogen-bond acceptors (Lipinski definition) is 6. The summed E-state index contributed by atoms with van der Waals surface area (Å²) >= 11 is 0. The van der Waals surface area contributed by atoms with Gasteiger partial charge in [-0.25, -0.2) is 9.59 Å². The minimum absolute atomic E-state index is 0.0579. The molecular weight excluding hydrogens is 306 g/mol. The summed E-state index contributed by atoms with van der Waals surface area (Å²) in [6.45, 7) is 4.58. The highest BCUT2D eigenvalue weighted by Crippen LogP contribution is 2.12. The Bertz CT molecular complexity index is 618. The van der Waals surface area contributed by atoms with Crippen molar-refractivity contribution < 1.29 is 24.0 Å². The second-order valence-corrected chi connectivity index (χ2v) is 5.63. The van der Waals surface area contributed by atoms with Crippen molar-refractivity contribution in [1.82, 2.24) is 10.6 Å². The SMILES string of the molecule is CC(C)(C)NC(=O)NC(=O)COC(=O)c1ccc([N+](=O)[O-])cc1. The molecule has 0 aliphatic carbocycles. The molecule has 0 aliphatic heterocycles. The summed E-state index contributed by atoms with van der Waals surface area (Å²) in [6.07, 6.45) is 0. The highest BCUT2D eigenvalue weighted by Gasteiger charge is 2.17. The van der Waals surface area contributed by atoms with Crippen molar-refractivity contribution in [2.75, 3.05) is 6.61 Å². The summed E-state index contributed by atoms with van der Waals surface area (Å²) < 4.78 is 4.72. The Balaban J connectivity index is 2.48. The number of carbonyl (C=O) groups excluding carboxylic acids is 3. The van der Waals surface area contributed by atoms with Gasteiger partial charge in [-0.15, -0.1) is 0 Å². The molecule has 0 fully saturated rings. The lowest BCUT2D eigenvalue weighted by Crippen LogP contribution is -2.49. The maximum Gasteiger partial charge on any atom is 0.338 e. The van der Waals surface area contributed by atoms with Crippen LogP contribution in [0.15, 0.2) is 24.3 Å². The quantitative estimate of drug-likeness (QED) is 0.489. The van der Waals surface area contributed by atoms with Crippen LogP contribution in [0, 0.1) is 10.1 Å². The number of carbonyl (C=O) groups is 3. The van der Waals surface area contributed by atoms with Crippen LogP contribution in [0.5, 0.6) is 0 Å². The monoisotopic (exact) mass is 323 g/mol. The van der Waals surface area contributed by atoms with Gasteiger partial charge in [-0.1, -0.05) is 0 Å². The van der Waals surface area contributed by atoms with Crippen LogP contribution >= 0.6 is 0 Å². The molecule has 9 nitrogen and oxygen atoms in total. The van der Waals surface area contributed by atoms with Crippen LogP contribution in [0.25, 0.3) is 0 Å². The maximum absolute atomic E-state index is 11.7. The number of nitrogens with one attached hydrogen (secondary N) is 2. The average Bonchev–Trinajstić information content (AvgIpc) is 2.42. The van der Waals surface area contributed by atoms with Gasteiger partial charge in [0.15, 0.2) is 6.61 Å². The predicted octanol–water partition coefficient (Wildman–Crippen LogP) is 1.38. The molecule has 3 amide bonds. The highest BCUT2D eigenvalue weighted by atomic mass is 16.6. The van der Waals surface area contributed by atoms with Crippen LogP contribution < -0.4 is 10.6 Å². The van der Waals surface area contributed by atoms with E-state index in [9.17, 15) is 24.5 Å². The lowest BCUT2D eigenvalue weighted by molar-refractivity contribution is -0.384. The smallest absolute Gasteiger partial charge is 0.338 e. The number of nitro benzene ring substituents is 1. The van der Waals surface area contributed by atoms with Crippen molar-refractivity contribution in [3.63, 3.8) is 0 Å². The normalized spacial score (nSPS) is 10.6. The molecule has 2 N–H and O–H groups in total. The summed E-state index contributed by atoms with van der Waals surface area (Å²) in [4.78, 5) is 44.5. The Morgan fingerprint density at radius 3 is 2.22 bits per heavy atom. The Hall–Kier alpha value is -2.97. The molecule has 0 atom stereocenters. The van der Waals surface area contributed by atoms with E-state index in [2.05, 4.69) is 5.32 Å². The molecule has 0 spiro atoms. The number of hydrogen-bond donors (Lipinski definition) is 2. The fourth-order valence-corrected chi connectivity index (χ4v) is 1.47. The number of imide groups is 1. The van der Waals surface area contributed by atoms with Crippen LogP contribution in [0.1, 0.15) is 31.1 Å². The molecule has 0 aromatic heterocycles. The van der Waals surface area contributed by atoms with Gasteiger partial charge in [0.25, 0.3) is 11.6 Å². The molecule has 0 aliphatic rings. The predicted molar refractivity (Wildman–Crippen MR) is 79.8 cm³/mol. The van der Waals surface area contributed by atoms with E-state index in [0.29, 0.717) is 0 Å². The fourth-order valence-electron chi connectivity index (χ4n) is 1.47. The third-order valence-corrected chi connectivity index (χ3v) is 2.39. The van der Waals surface area contributed by atoms with E-state index < -0.39 is 35.0 Å². The molecule has 9 heteroatoms. The molecule has 124 valence electrons. The van der Waals surface area contributed by atoms with Gasteiger partial charge in [0.05, 0.1) is 10.5 Å². The summed E-state index contributed by atoms with van der Waals surface area (Å²) in [6, 6.07) is 4.02. The number of rotatable bonds is 4. The number of urea groups is 1.